The summed E-state index contributed by atoms with van der Waals surface area (Å²) in [5, 5.41) is 0. The van der Waals surface area contributed by atoms with Crippen LogP contribution in [0, 0.1) is 0 Å². The molecule has 0 saturated heterocycles. The van der Waals surface area contributed by atoms with Gasteiger partial charge in [-0.25, -0.2) is 0 Å². The van der Waals surface area contributed by atoms with Crippen LogP contribution in [-0.2, 0) is 12.8 Å². The summed E-state index contributed by atoms with van der Waals surface area (Å²) in [5.41, 5.74) is 3.59. The summed E-state index contributed by atoms with van der Waals surface area (Å²) in [5.74, 6) is 0. The number of aldehydes is 1. The molecular weight excluding hydrogens is 284 g/mol. The third-order valence-electron chi connectivity index (χ3n) is 3.54. The van der Waals surface area contributed by atoms with Crippen molar-refractivity contribution in [3.05, 3.63) is 47.0 Å². The third kappa shape index (κ3) is 2.29. The summed E-state index contributed by atoms with van der Waals surface area (Å²) in [7, 11) is 0. The molecule has 0 bridgehead atoms. The van der Waals surface area contributed by atoms with Gasteiger partial charge in [0.05, 0.1) is 0 Å². The summed E-state index contributed by atoms with van der Waals surface area (Å²) in [6, 6.07) is 10.6. The lowest BCUT2D eigenvalue weighted by Crippen LogP contribution is -1.99. The zero-order valence-electron chi connectivity index (χ0n) is 11.6. The third-order valence-corrected chi connectivity index (χ3v) is 6.25. The quantitative estimate of drug-likeness (QED) is 0.616. The zero-order valence-corrected chi connectivity index (χ0v) is 13.2. The Morgan fingerprint density at radius 2 is 1.80 bits per heavy atom. The Morgan fingerprint density at radius 1 is 1.00 bits per heavy atom. The normalized spacial score (nSPS) is 12.7. The van der Waals surface area contributed by atoms with E-state index in [-0.39, 0.29) is 0 Å². The van der Waals surface area contributed by atoms with Crippen molar-refractivity contribution in [3.8, 4) is 0 Å². The second-order valence-corrected chi connectivity index (χ2v) is 6.89. The van der Waals surface area contributed by atoms with Crippen LogP contribution in [0.2, 0.25) is 0 Å². The molecule has 0 aromatic heterocycles. The Hall–Kier alpha value is -1.19. The van der Waals surface area contributed by atoms with Crippen LogP contribution in [-0.4, -0.2) is 6.29 Å². The SMILES string of the molecule is CCc1cc(CC)c2c(c1)Sc1c(C=O)cccc1S2. The molecular formula is C17H16OS2. The van der Waals surface area contributed by atoms with E-state index in [1.54, 1.807) is 23.5 Å². The second kappa shape index (κ2) is 5.66. The van der Waals surface area contributed by atoms with Gasteiger partial charge in [0, 0.05) is 25.1 Å². The molecule has 0 N–H and O–H groups in total. The number of carbonyl (C=O) groups excluding carboxylic acids is 1. The van der Waals surface area contributed by atoms with Crippen LogP contribution in [0.25, 0.3) is 0 Å². The minimum Gasteiger partial charge on any atom is -0.298 e. The van der Waals surface area contributed by atoms with Crippen LogP contribution in [0.5, 0.6) is 0 Å². The molecule has 102 valence electrons. The molecule has 0 amide bonds. The average molecular weight is 300 g/mol. The van der Waals surface area contributed by atoms with Gasteiger partial charge < -0.3 is 0 Å². The lowest BCUT2D eigenvalue weighted by molar-refractivity contribution is 0.112. The summed E-state index contributed by atoms with van der Waals surface area (Å²) in [6.07, 6.45) is 3.06. The predicted octanol–water partition coefficient (Wildman–Crippen LogP) is 5.24. The first-order chi connectivity index (χ1) is 9.76. The highest BCUT2D eigenvalue weighted by Gasteiger charge is 2.22. The van der Waals surface area contributed by atoms with E-state index in [1.807, 2.05) is 12.1 Å². The number of carbonyl (C=O) groups is 1. The van der Waals surface area contributed by atoms with Gasteiger partial charge in [0.15, 0.2) is 6.29 Å². The highest BCUT2D eigenvalue weighted by Crippen LogP contribution is 2.51. The maximum absolute atomic E-state index is 11.2. The fraction of sp³-hybridized carbons (Fsp3) is 0.235. The maximum Gasteiger partial charge on any atom is 0.151 e. The minimum atomic E-state index is 0.797. The number of hydrogen-bond acceptors (Lipinski definition) is 3. The van der Waals surface area contributed by atoms with Crippen molar-refractivity contribution < 1.29 is 4.79 Å². The van der Waals surface area contributed by atoms with E-state index in [1.165, 1.54) is 25.8 Å². The van der Waals surface area contributed by atoms with Crippen LogP contribution in [0.1, 0.15) is 35.3 Å². The van der Waals surface area contributed by atoms with Gasteiger partial charge in [-0.15, -0.1) is 0 Å². The molecule has 0 unspecified atom stereocenters. The number of fused-ring (bicyclic) bond motifs is 2. The molecule has 3 rings (SSSR count). The van der Waals surface area contributed by atoms with E-state index in [0.29, 0.717) is 0 Å². The van der Waals surface area contributed by atoms with Crippen molar-refractivity contribution in [2.45, 2.75) is 46.3 Å². The molecule has 2 aromatic rings. The fourth-order valence-corrected chi connectivity index (χ4v) is 5.04. The largest absolute Gasteiger partial charge is 0.298 e. The average Bonchev–Trinajstić information content (AvgIpc) is 2.51. The zero-order chi connectivity index (χ0) is 14.1. The van der Waals surface area contributed by atoms with E-state index in [9.17, 15) is 4.79 Å². The summed E-state index contributed by atoms with van der Waals surface area (Å²) in [4.78, 5) is 16.2. The number of aryl methyl sites for hydroxylation is 2. The van der Waals surface area contributed by atoms with Crippen LogP contribution in [0.15, 0.2) is 49.9 Å². The van der Waals surface area contributed by atoms with Gasteiger partial charge in [-0.2, -0.15) is 0 Å². The number of rotatable bonds is 3. The first-order valence-corrected chi connectivity index (χ1v) is 8.49. The predicted molar refractivity (Wildman–Crippen MR) is 85.3 cm³/mol. The first-order valence-electron chi connectivity index (χ1n) is 6.86. The van der Waals surface area contributed by atoms with E-state index in [0.717, 1.165) is 29.6 Å². The van der Waals surface area contributed by atoms with Gasteiger partial charge in [-0.3, -0.25) is 4.79 Å². The van der Waals surface area contributed by atoms with Gasteiger partial charge in [-0.05, 0) is 36.1 Å². The Kier molecular flexibility index (Phi) is 3.90. The Morgan fingerprint density at radius 3 is 2.50 bits per heavy atom. The van der Waals surface area contributed by atoms with Gasteiger partial charge in [0.2, 0.25) is 0 Å². The molecule has 0 atom stereocenters. The van der Waals surface area contributed by atoms with Gasteiger partial charge in [0.25, 0.3) is 0 Å². The monoisotopic (exact) mass is 300 g/mol. The smallest absolute Gasteiger partial charge is 0.151 e. The lowest BCUT2D eigenvalue weighted by Gasteiger charge is -2.22. The highest BCUT2D eigenvalue weighted by atomic mass is 32.2. The van der Waals surface area contributed by atoms with Crippen molar-refractivity contribution in [2.75, 3.05) is 0 Å². The van der Waals surface area contributed by atoms with Crippen molar-refractivity contribution >= 4 is 29.8 Å². The molecule has 1 aliphatic heterocycles. The molecule has 1 aliphatic rings. The van der Waals surface area contributed by atoms with E-state index >= 15 is 0 Å². The molecule has 0 saturated carbocycles. The van der Waals surface area contributed by atoms with E-state index in [4.69, 9.17) is 0 Å². The van der Waals surface area contributed by atoms with Gasteiger partial charge >= 0.3 is 0 Å². The molecule has 2 aromatic carbocycles. The van der Waals surface area contributed by atoms with Gasteiger partial charge in [-0.1, -0.05) is 55.6 Å². The molecule has 1 nitrogen and oxygen atoms in total. The molecule has 0 fully saturated rings. The van der Waals surface area contributed by atoms with Crippen molar-refractivity contribution in [2.24, 2.45) is 0 Å². The van der Waals surface area contributed by atoms with E-state index < -0.39 is 0 Å². The molecule has 3 heteroatoms. The molecule has 0 spiro atoms. The molecule has 0 aliphatic carbocycles. The van der Waals surface area contributed by atoms with Crippen molar-refractivity contribution in [1.29, 1.82) is 0 Å². The minimum absolute atomic E-state index is 0.797. The lowest BCUT2D eigenvalue weighted by atomic mass is 10.1. The summed E-state index contributed by atoms with van der Waals surface area (Å²) < 4.78 is 0. The molecule has 0 radical (unpaired) electrons. The Labute approximate surface area is 128 Å². The Bertz CT molecular complexity index is 677. The first kappa shape index (κ1) is 13.8. The fourth-order valence-electron chi connectivity index (χ4n) is 2.42. The van der Waals surface area contributed by atoms with Gasteiger partial charge in [0.1, 0.15) is 0 Å². The van der Waals surface area contributed by atoms with Crippen LogP contribution in [0.3, 0.4) is 0 Å². The molecule has 1 heterocycles. The number of benzene rings is 2. The van der Waals surface area contributed by atoms with E-state index in [2.05, 4.69) is 32.0 Å². The molecule has 20 heavy (non-hydrogen) atoms. The van der Waals surface area contributed by atoms with Crippen LogP contribution < -0.4 is 0 Å². The maximum atomic E-state index is 11.2. The number of hydrogen-bond donors (Lipinski definition) is 0. The Balaban J connectivity index is 2.14. The standard InChI is InChI=1S/C17H16OS2/c1-3-11-8-12(4-2)16-15(9-11)20-17-13(10-18)6-5-7-14(17)19-16/h5-10H,3-4H2,1-2H3. The second-order valence-electron chi connectivity index (χ2n) is 4.79. The van der Waals surface area contributed by atoms with Crippen LogP contribution in [0.4, 0.5) is 0 Å². The highest BCUT2D eigenvalue weighted by molar-refractivity contribution is 8.05. The summed E-state index contributed by atoms with van der Waals surface area (Å²) >= 11 is 3.54. The summed E-state index contributed by atoms with van der Waals surface area (Å²) in [6.45, 7) is 4.39. The van der Waals surface area contributed by atoms with Crippen molar-refractivity contribution in [1.82, 2.24) is 0 Å². The van der Waals surface area contributed by atoms with Crippen molar-refractivity contribution in [3.63, 3.8) is 0 Å². The van der Waals surface area contributed by atoms with Crippen LogP contribution >= 0.6 is 23.5 Å². The topological polar surface area (TPSA) is 17.1 Å².